The van der Waals surface area contributed by atoms with E-state index in [4.69, 9.17) is 0 Å². The fourth-order valence-electron chi connectivity index (χ4n) is 4.26. The Morgan fingerprint density at radius 3 is 2.41 bits per heavy atom. The van der Waals surface area contributed by atoms with Crippen LogP contribution in [0, 0.1) is 5.82 Å². The molecule has 0 radical (unpaired) electrons. The predicted molar refractivity (Wildman–Crippen MR) is 129 cm³/mol. The molecule has 0 spiro atoms. The quantitative estimate of drug-likeness (QED) is 0.460. The molecule has 0 aromatic heterocycles. The smallest absolute Gasteiger partial charge is 0.251 e. The Morgan fingerprint density at radius 1 is 1.00 bits per heavy atom. The van der Waals surface area contributed by atoms with Crippen LogP contribution in [0.3, 0.4) is 0 Å². The summed E-state index contributed by atoms with van der Waals surface area (Å²) >= 11 is 1.67. The Hall–Kier alpha value is -2.63. The number of carbonyl (C=O) groups is 1. The second kappa shape index (κ2) is 10.8. The molecule has 0 aliphatic carbocycles. The van der Waals surface area contributed by atoms with Crippen molar-refractivity contribution in [2.45, 2.75) is 36.7 Å². The molecule has 1 aliphatic heterocycles. The molecular formula is C27H29FN2OS. The highest BCUT2D eigenvalue weighted by atomic mass is 32.2. The van der Waals surface area contributed by atoms with Gasteiger partial charge in [0.2, 0.25) is 0 Å². The number of amides is 1. The second-order valence-corrected chi connectivity index (χ2v) is 9.21. The second-order valence-electron chi connectivity index (χ2n) is 8.33. The minimum atomic E-state index is -0.183. The number of benzene rings is 3. The van der Waals surface area contributed by atoms with E-state index in [1.54, 1.807) is 11.8 Å². The van der Waals surface area contributed by atoms with Crippen molar-refractivity contribution in [2.24, 2.45) is 0 Å². The molecule has 1 N–H and O–H groups in total. The van der Waals surface area contributed by atoms with E-state index in [2.05, 4.69) is 34.5 Å². The van der Waals surface area contributed by atoms with Gasteiger partial charge in [0.1, 0.15) is 5.82 Å². The van der Waals surface area contributed by atoms with E-state index >= 15 is 0 Å². The SMILES string of the molecule is CSc1ccc(C(=O)NCc2cccc(C3CCN(Cc4ccc(F)cc4)CC3)c2)cc1. The fraction of sp³-hybridized carbons (Fsp3) is 0.296. The zero-order valence-corrected chi connectivity index (χ0v) is 19.2. The van der Waals surface area contributed by atoms with Gasteiger partial charge in [0.15, 0.2) is 0 Å². The standard InChI is InChI=1S/C27H29FN2OS/c1-32-26-11-7-23(8-12-26)27(31)29-18-21-3-2-4-24(17-21)22-13-15-30(16-14-22)19-20-5-9-25(28)10-6-20/h2-12,17,22H,13-16,18-19H2,1H3,(H,29,31). The highest BCUT2D eigenvalue weighted by Crippen LogP contribution is 2.29. The maximum absolute atomic E-state index is 13.1. The number of thioether (sulfide) groups is 1. The van der Waals surface area contributed by atoms with Crippen molar-refractivity contribution in [1.82, 2.24) is 10.2 Å². The van der Waals surface area contributed by atoms with Crippen LogP contribution in [0.25, 0.3) is 0 Å². The first-order valence-electron chi connectivity index (χ1n) is 11.1. The maximum atomic E-state index is 13.1. The van der Waals surface area contributed by atoms with Crippen LogP contribution in [-0.4, -0.2) is 30.2 Å². The molecule has 0 saturated carbocycles. The Bertz CT molecular complexity index is 1030. The molecule has 5 heteroatoms. The van der Waals surface area contributed by atoms with Crippen molar-refractivity contribution < 1.29 is 9.18 Å². The van der Waals surface area contributed by atoms with Gasteiger partial charge in [0.25, 0.3) is 5.91 Å². The van der Waals surface area contributed by atoms with Crippen LogP contribution < -0.4 is 5.32 Å². The molecule has 0 bridgehead atoms. The maximum Gasteiger partial charge on any atom is 0.251 e. The summed E-state index contributed by atoms with van der Waals surface area (Å²) in [5.41, 5.74) is 4.32. The molecule has 1 saturated heterocycles. The number of hydrogen-bond acceptors (Lipinski definition) is 3. The van der Waals surface area contributed by atoms with Gasteiger partial charge in [-0.25, -0.2) is 4.39 Å². The Labute approximate surface area is 194 Å². The number of hydrogen-bond donors (Lipinski definition) is 1. The van der Waals surface area contributed by atoms with Crippen molar-refractivity contribution in [3.63, 3.8) is 0 Å². The van der Waals surface area contributed by atoms with Gasteiger partial charge in [0.05, 0.1) is 0 Å². The third kappa shape index (κ3) is 5.99. The summed E-state index contributed by atoms with van der Waals surface area (Å²) in [4.78, 5) is 16.1. The summed E-state index contributed by atoms with van der Waals surface area (Å²) < 4.78 is 13.1. The normalized spacial score (nSPS) is 14.9. The highest BCUT2D eigenvalue weighted by Gasteiger charge is 2.21. The third-order valence-corrected chi connectivity index (χ3v) is 6.88. The minimum Gasteiger partial charge on any atom is -0.348 e. The largest absolute Gasteiger partial charge is 0.348 e. The lowest BCUT2D eigenvalue weighted by molar-refractivity contribution is 0.0951. The summed E-state index contributed by atoms with van der Waals surface area (Å²) in [6.45, 7) is 3.47. The molecule has 3 nitrogen and oxygen atoms in total. The molecule has 1 heterocycles. The lowest BCUT2D eigenvalue weighted by atomic mass is 9.88. The number of piperidine rings is 1. The van der Waals surface area contributed by atoms with Crippen LogP contribution in [0.15, 0.2) is 77.7 Å². The molecule has 1 aliphatic rings. The van der Waals surface area contributed by atoms with Gasteiger partial charge in [-0.2, -0.15) is 0 Å². The zero-order chi connectivity index (χ0) is 22.3. The molecular weight excluding hydrogens is 419 g/mol. The molecule has 0 atom stereocenters. The minimum absolute atomic E-state index is 0.0443. The van der Waals surface area contributed by atoms with Crippen molar-refractivity contribution in [3.05, 3.63) is 101 Å². The van der Waals surface area contributed by atoms with E-state index in [0.29, 0.717) is 18.0 Å². The first-order valence-corrected chi connectivity index (χ1v) is 12.3. The fourth-order valence-corrected chi connectivity index (χ4v) is 4.66. The molecule has 32 heavy (non-hydrogen) atoms. The van der Waals surface area contributed by atoms with E-state index in [9.17, 15) is 9.18 Å². The first kappa shape index (κ1) is 22.6. The molecule has 166 valence electrons. The van der Waals surface area contributed by atoms with Gasteiger partial charge in [-0.15, -0.1) is 11.8 Å². The number of nitrogens with zero attached hydrogens (tertiary/aromatic N) is 1. The van der Waals surface area contributed by atoms with E-state index in [0.717, 1.165) is 48.5 Å². The van der Waals surface area contributed by atoms with Gasteiger partial charge in [-0.1, -0.05) is 36.4 Å². The van der Waals surface area contributed by atoms with Crippen molar-refractivity contribution in [2.75, 3.05) is 19.3 Å². The predicted octanol–water partition coefficient (Wildman–Crippen LogP) is 5.86. The first-order chi connectivity index (χ1) is 15.6. The van der Waals surface area contributed by atoms with Crippen LogP contribution in [0.4, 0.5) is 4.39 Å². The van der Waals surface area contributed by atoms with Crippen molar-refractivity contribution in [3.8, 4) is 0 Å². The van der Waals surface area contributed by atoms with Gasteiger partial charge in [0, 0.05) is 23.5 Å². The van der Waals surface area contributed by atoms with Crippen molar-refractivity contribution in [1.29, 1.82) is 0 Å². The van der Waals surface area contributed by atoms with Crippen molar-refractivity contribution >= 4 is 17.7 Å². The zero-order valence-electron chi connectivity index (χ0n) is 18.4. The van der Waals surface area contributed by atoms with Gasteiger partial charge in [-0.05, 0) is 91.2 Å². The van der Waals surface area contributed by atoms with Gasteiger partial charge >= 0.3 is 0 Å². The summed E-state index contributed by atoms with van der Waals surface area (Å²) in [6, 6.07) is 23.1. The van der Waals surface area contributed by atoms with E-state index in [1.165, 1.54) is 17.7 Å². The van der Waals surface area contributed by atoms with E-state index in [-0.39, 0.29) is 11.7 Å². The number of halogens is 1. The Kier molecular flexibility index (Phi) is 7.61. The van der Waals surface area contributed by atoms with E-state index in [1.807, 2.05) is 42.7 Å². The average Bonchev–Trinajstić information content (AvgIpc) is 2.85. The lowest BCUT2D eigenvalue weighted by Gasteiger charge is -2.32. The lowest BCUT2D eigenvalue weighted by Crippen LogP contribution is -2.32. The summed E-state index contributed by atoms with van der Waals surface area (Å²) in [5.74, 6) is 0.309. The molecule has 0 unspecified atom stereocenters. The van der Waals surface area contributed by atoms with Crippen LogP contribution >= 0.6 is 11.8 Å². The Morgan fingerprint density at radius 2 is 1.72 bits per heavy atom. The van der Waals surface area contributed by atoms with Crippen LogP contribution in [-0.2, 0) is 13.1 Å². The molecule has 4 rings (SSSR count). The summed E-state index contributed by atoms with van der Waals surface area (Å²) in [6.07, 6.45) is 4.25. The van der Waals surface area contributed by atoms with Gasteiger partial charge < -0.3 is 5.32 Å². The topological polar surface area (TPSA) is 32.3 Å². The summed E-state index contributed by atoms with van der Waals surface area (Å²) in [7, 11) is 0. The van der Waals surface area contributed by atoms with E-state index < -0.39 is 0 Å². The number of likely N-dealkylation sites (tertiary alicyclic amines) is 1. The molecule has 1 fully saturated rings. The number of nitrogens with one attached hydrogen (secondary N) is 1. The third-order valence-electron chi connectivity index (χ3n) is 6.13. The average molecular weight is 449 g/mol. The van der Waals surface area contributed by atoms with Gasteiger partial charge in [-0.3, -0.25) is 9.69 Å². The number of carbonyl (C=O) groups excluding carboxylic acids is 1. The van der Waals surface area contributed by atoms with Crippen LogP contribution in [0.2, 0.25) is 0 Å². The summed E-state index contributed by atoms with van der Waals surface area (Å²) in [5, 5.41) is 3.04. The van der Waals surface area contributed by atoms with Crippen LogP contribution in [0.1, 0.15) is 45.8 Å². The molecule has 1 amide bonds. The molecule has 3 aromatic rings. The highest BCUT2D eigenvalue weighted by molar-refractivity contribution is 7.98. The Balaban J connectivity index is 1.29. The molecule has 3 aromatic carbocycles. The monoisotopic (exact) mass is 448 g/mol. The number of rotatable bonds is 7. The van der Waals surface area contributed by atoms with Crippen LogP contribution in [0.5, 0.6) is 0 Å².